The Morgan fingerprint density at radius 3 is 2.81 bits per heavy atom. The molecule has 0 unspecified atom stereocenters. The van der Waals surface area contributed by atoms with Crippen LogP contribution in [0.15, 0.2) is 28.0 Å². The molecule has 3 rings (SSSR count). The molecule has 140 valence electrons. The summed E-state index contributed by atoms with van der Waals surface area (Å²) in [5.41, 5.74) is 1.52. The molecule has 1 aliphatic rings. The van der Waals surface area contributed by atoms with E-state index in [1.807, 2.05) is 6.07 Å². The Bertz CT molecular complexity index is 996. The van der Waals surface area contributed by atoms with Gasteiger partial charge in [-0.05, 0) is 56.0 Å². The summed E-state index contributed by atoms with van der Waals surface area (Å²) < 4.78 is 6.74. The van der Waals surface area contributed by atoms with E-state index in [-0.39, 0.29) is 29.8 Å². The second-order valence-electron chi connectivity index (χ2n) is 6.63. The zero-order valence-electron chi connectivity index (χ0n) is 15.3. The van der Waals surface area contributed by atoms with Crippen LogP contribution in [0.25, 0.3) is 0 Å². The average Bonchev–Trinajstić information content (AvgIpc) is 3.14. The maximum Gasteiger partial charge on any atom is 0.271 e. The van der Waals surface area contributed by atoms with Crippen molar-refractivity contribution < 1.29 is 14.9 Å². The van der Waals surface area contributed by atoms with Crippen molar-refractivity contribution in [3.05, 3.63) is 50.8 Å². The molecule has 0 amide bonds. The normalized spacial score (nSPS) is 16.7. The molecule has 1 aromatic heterocycles. The summed E-state index contributed by atoms with van der Waals surface area (Å²) in [5, 5.41) is 29.6. The van der Waals surface area contributed by atoms with E-state index in [0.717, 1.165) is 18.4 Å². The fraction of sp³-hybridized carbons (Fsp3) is 0.350. The van der Waals surface area contributed by atoms with Crippen molar-refractivity contribution in [2.24, 2.45) is 4.99 Å². The molecule has 0 aliphatic carbocycles. The van der Waals surface area contributed by atoms with Gasteiger partial charge >= 0.3 is 0 Å². The van der Waals surface area contributed by atoms with E-state index in [1.165, 1.54) is 16.8 Å². The molecule has 0 radical (unpaired) electrons. The SMILES string of the molecule is Cc1cc(O)ccc1N=Cc1c(C)c(C#N)c(=O)n(C[C@@H]2CCCO2)c1O. The van der Waals surface area contributed by atoms with Crippen molar-refractivity contribution in [3.8, 4) is 17.7 Å². The maximum atomic E-state index is 12.6. The Morgan fingerprint density at radius 2 is 2.19 bits per heavy atom. The van der Waals surface area contributed by atoms with Crippen LogP contribution < -0.4 is 5.56 Å². The highest BCUT2D eigenvalue weighted by Crippen LogP contribution is 2.26. The Morgan fingerprint density at radius 1 is 1.41 bits per heavy atom. The lowest BCUT2D eigenvalue weighted by atomic mass is 10.1. The molecule has 1 aliphatic heterocycles. The highest BCUT2D eigenvalue weighted by molar-refractivity contribution is 5.87. The molecule has 2 aromatic rings. The van der Waals surface area contributed by atoms with Gasteiger partial charge in [0.25, 0.3) is 5.56 Å². The number of ether oxygens (including phenoxy) is 1. The number of phenols is 1. The predicted octanol–water partition coefficient (Wildman–Crippen LogP) is 2.68. The number of aryl methyl sites for hydroxylation is 1. The van der Waals surface area contributed by atoms with Crippen LogP contribution in [0.2, 0.25) is 0 Å². The molecule has 27 heavy (non-hydrogen) atoms. The van der Waals surface area contributed by atoms with Crippen molar-refractivity contribution in [1.29, 1.82) is 5.26 Å². The molecule has 7 heteroatoms. The van der Waals surface area contributed by atoms with Crippen LogP contribution in [-0.2, 0) is 11.3 Å². The first-order valence-corrected chi connectivity index (χ1v) is 8.74. The molecule has 1 aromatic carbocycles. The second-order valence-corrected chi connectivity index (χ2v) is 6.63. The lowest BCUT2D eigenvalue weighted by Crippen LogP contribution is -2.29. The molecular formula is C20H21N3O4. The predicted molar refractivity (Wildman–Crippen MR) is 101 cm³/mol. The third-order valence-corrected chi connectivity index (χ3v) is 4.77. The summed E-state index contributed by atoms with van der Waals surface area (Å²) in [5.74, 6) is -0.0884. The fourth-order valence-electron chi connectivity index (χ4n) is 3.21. The molecule has 1 saturated heterocycles. The first-order chi connectivity index (χ1) is 12.9. The number of hydrogen-bond donors (Lipinski definition) is 2. The van der Waals surface area contributed by atoms with Gasteiger partial charge in [-0.15, -0.1) is 0 Å². The summed E-state index contributed by atoms with van der Waals surface area (Å²) in [7, 11) is 0. The minimum absolute atomic E-state index is 0.0188. The lowest BCUT2D eigenvalue weighted by molar-refractivity contribution is 0.0938. The largest absolute Gasteiger partial charge is 0.508 e. The Kier molecular flexibility index (Phi) is 5.28. The van der Waals surface area contributed by atoms with E-state index in [2.05, 4.69) is 4.99 Å². The number of aliphatic imine (C=N–C) groups is 1. The zero-order chi connectivity index (χ0) is 19.6. The smallest absolute Gasteiger partial charge is 0.271 e. The number of aromatic hydroxyl groups is 2. The van der Waals surface area contributed by atoms with E-state index < -0.39 is 5.56 Å². The van der Waals surface area contributed by atoms with Crippen LogP contribution in [0.1, 0.15) is 35.1 Å². The summed E-state index contributed by atoms with van der Waals surface area (Å²) in [6.45, 7) is 4.24. The molecule has 0 spiro atoms. The van der Waals surface area contributed by atoms with E-state index >= 15 is 0 Å². The van der Waals surface area contributed by atoms with Crippen molar-refractivity contribution in [2.75, 3.05) is 6.61 Å². The number of phenolic OH excluding ortho intramolecular Hbond substituents is 1. The summed E-state index contributed by atoms with van der Waals surface area (Å²) >= 11 is 0. The van der Waals surface area contributed by atoms with Gasteiger partial charge in [-0.3, -0.25) is 14.4 Å². The summed E-state index contributed by atoms with van der Waals surface area (Å²) in [6.07, 6.45) is 2.99. The number of benzene rings is 1. The van der Waals surface area contributed by atoms with E-state index in [4.69, 9.17) is 4.74 Å². The number of nitrogens with zero attached hydrogens (tertiary/aromatic N) is 3. The van der Waals surface area contributed by atoms with Crippen LogP contribution in [0, 0.1) is 25.2 Å². The van der Waals surface area contributed by atoms with Crippen molar-refractivity contribution >= 4 is 11.9 Å². The van der Waals surface area contributed by atoms with Gasteiger partial charge in [-0.2, -0.15) is 5.26 Å². The minimum atomic E-state index is -0.527. The highest BCUT2D eigenvalue weighted by Gasteiger charge is 2.23. The molecular weight excluding hydrogens is 346 g/mol. The van der Waals surface area contributed by atoms with E-state index in [1.54, 1.807) is 26.0 Å². The Hall–Kier alpha value is -3.11. The molecule has 1 fully saturated rings. The van der Waals surface area contributed by atoms with Crippen molar-refractivity contribution in [1.82, 2.24) is 4.57 Å². The Balaban J connectivity index is 2.07. The van der Waals surface area contributed by atoms with Crippen LogP contribution in [0.4, 0.5) is 5.69 Å². The van der Waals surface area contributed by atoms with Crippen LogP contribution in [-0.4, -0.2) is 33.7 Å². The van der Waals surface area contributed by atoms with Gasteiger partial charge in [0, 0.05) is 12.8 Å². The minimum Gasteiger partial charge on any atom is -0.508 e. The Labute approximate surface area is 156 Å². The van der Waals surface area contributed by atoms with Crippen molar-refractivity contribution in [3.63, 3.8) is 0 Å². The van der Waals surface area contributed by atoms with Gasteiger partial charge in [-0.1, -0.05) is 0 Å². The number of aromatic nitrogens is 1. The van der Waals surface area contributed by atoms with Crippen molar-refractivity contribution in [2.45, 2.75) is 39.3 Å². The van der Waals surface area contributed by atoms with Gasteiger partial charge in [0.2, 0.25) is 5.88 Å². The summed E-state index contributed by atoms with van der Waals surface area (Å²) in [6, 6.07) is 6.69. The molecule has 2 N–H and O–H groups in total. The number of hydrogen-bond acceptors (Lipinski definition) is 6. The molecule has 2 heterocycles. The summed E-state index contributed by atoms with van der Waals surface area (Å²) in [4.78, 5) is 17.0. The van der Waals surface area contributed by atoms with Crippen LogP contribution in [0.5, 0.6) is 11.6 Å². The van der Waals surface area contributed by atoms with E-state index in [0.29, 0.717) is 23.4 Å². The van der Waals surface area contributed by atoms with Gasteiger partial charge in [-0.25, -0.2) is 0 Å². The average molecular weight is 367 g/mol. The molecule has 0 saturated carbocycles. The monoisotopic (exact) mass is 367 g/mol. The molecule has 1 atom stereocenters. The maximum absolute atomic E-state index is 12.6. The zero-order valence-corrected chi connectivity index (χ0v) is 15.3. The third-order valence-electron chi connectivity index (χ3n) is 4.77. The number of nitriles is 1. The van der Waals surface area contributed by atoms with Crippen LogP contribution >= 0.6 is 0 Å². The standard InChI is InChI=1S/C20H21N3O4/c1-12-8-14(24)5-6-18(12)22-10-17-13(2)16(9-21)19(25)23(20(17)26)11-15-4-3-7-27-15/h5-6,8,10,15,24,26H,3-4,7,11H2,1-2H3/t15-/m0/s1. The lowest BCUT2D eigenvalue weighted by Gasteiger charge is -2.17. The molecule has 0 bridgehead atoms. The number of rotatable bonds is 4. The number of pyridine rings is 1. The van der Waals surface area contributed by atoms with Gasteiger partial charge in [0.1, 0.15) is 17.4 Å². The third kappa shape index (κ3) is 3.71. The van der Waals surface area contributed by atoms with E-state index in [9.17, 15) is 20.3 Å². The van der Waals surface area contributed by atoms with Gasteiger partial charge in [0.15, 0.2) is 0 Å². The van der Waals surface area contributed by atoms with Gasteiger partial charge in [0.05, 0.1) is 23.9 Å². The topological polar surface area (TPSA) is 108 Å². The molecule has 7 nitrogen and oxygen atoms in total. The van der Waals surface area contributed by atoms with Gasteiger partial charge < -0.3 is 14.9 Å². The first-order valence-electron chi connectivity index (χ1n) is 8.74. The van der Waals surface area contributed by atoms with Crippen LogP contribution in [0.3, 0.4) is 0 Å². The fourth-order valence-corrected chi connectivity index (χ4v) is 3.21. The quantitative estimate of drug-likeness (QED) is 0.808. The second kappa shape index (κ2) is 7.64. The first kappa shape index (κ1) is 18.7. The highest BCUT2D eigenvalue weighted by atomic mass is 16.5.